The van der Waals surface area contributed by atoms with Crippen LogP contribution in [0, 0.1) is 17.2 Å². The molecule has 1 aromatic carbocycles. The first-order valence-corrected chi connectivity index (χ1v) is 9.05. The molecule has 29 heavy (non-hydrogen) atoms. The highest BCUT2D eigenvalue weighted by atomic mass is 19.4. The number of carbonyl (C=O) groups is 1. The molecule has 1 heterocycles. The lowest BCUT2D eigenvalue weighted by Crippen LogP contribution is -2.26. The van der Waals surface area contributed by atoms with Gasteiger partial charge in [0.05, 0.1) is 17.9 Å². The number of nitrogens with zero attached hydrogens (tertiary/aromatic N) is 3. The van der Waals surface area contributed by atoms with Gasteiger partial charge in [-0.05, 0) is 43.9 Å². The molecule has 0 saturated heterocycles. The number of rotatable bonds is 6. The standard InChI is InChI=1S/C20H19F3N4O2/c1-2-29-19(28)16(18(25)20(21,22)23)9-26-14-5-6-17-15(7-14)13(8-24)11-27(17)10-12-3-4-12/h5-7,9,11-12H,2-4,10,25H2,1H3. The summed E-state index contributed by atoms with van der Waals surface area (Å²) in [6.45, 7) is 2.19. The SMILES string of the molecule is CCOC(=O)C(C=Nc1ccc2c(c1)c(C#N)cn2CC1CC1)=C(N)C(F)(F)F. The third-order valence-electron chi connectivity index (χ3n) is 4.57. The summed E-state index contributed by atoms with van der Waals surface area (Å²) in [4.78, 5) is 15.8. The third-order valence-corrected chi connectivity index (χ3v) is 4.57. The van der Waals surface area contributed by atoms with Crippen molar-refractivity contribution >= 4 is 28.8 Å². The maximum Gasteiger partial charge on any atom is 0.431 e. The number of fused-ring (bicyclic) bond motifs is 1. The number of benzene rings is 1. The second-order valence-electron chi connectivity index (χ2n) is 6.76. The van der Waals surface area contributed by atoms with E-state index in [4.69, 9.17) is 5.73 Å². The molecule has 2 aromatic rings. The van der Waals surface area contributed by atoms with Crippen molar-refractivity contribution in [2.24, 2.45) is 16.6 Å². The average molecular weight is 404 g/mol. The lowest BCUT2D eigenvalue weighted by molar-refractivity contribution is -0.139. The number of hydrogen-bond donors (Lipinski definition) is 1. The lowest BCUT2D eigenvalue weighted by atomic mass is 10.1. The normalized spacial score (nSPS) is 15.4. The summed E-state index contributed by atoms with van der Waals surface area (Å²) in [7, 11) is 0. The largest absolute Gasteiger partial charge is 0.462 e. The number of halogens is 3. The minimum absolute atomic E-state index is 0.104. The summed E-state index contributed by atoms with van der Waals surface area (Å²) in [5, 5.41) is 10.0. The molecule has 0 spiro atoms. The zero-order valence-corrected chi connectivity index (χ0v) is 15.7. The van der Waals surface area contributed by atoms with Crippen molar-refractivity contribution in [1.82, 2.24) is 4.57 Å². The van der Waals surface area contributed by atoms with E-state index in [0.717, 1.165) is 31.1 Å². The molecule has 2 N–H and O–H groups in total. The molecule has 9 heteroatoms. The molecule has 1 fully saturated rings. The van der Waals surface area contributed by atoms with Crippen LogP contribution in [0.2, 0.25) is 0 Å². The minimum Gasteiger partial charge on any atom is -0.462 e. The molecule has 0 amide bonds. The van der Waals surface area contributed by atoms with Crippen LogP contribution in [0.4, 0.5) is 18.9 Å². The fourth-order valence-corrected chi connectivity index (χ4v) is 2.92. The van der Waals surface area contributed by atoms with Gasteiger partial charge in [0.2, 0.25) is 0 Å². The van der Waals surface area contributed by atoms with Crippen molar-refractivity contribution in [3.8, 4) is 6.07 Å². The summed E-state index contributed by atoms with van der Waals surface area (Å²) in [6, 6.07) is 7.08. The van der Waals surface area contributed by atoms with Gasteiger partial charge in [0.1, 0.15) is 17.3 Å². The number of carbonyl (C=O) groups excluding carboxylic acids is 1. The van der Waals surface area contributed by atoms with Crippen LogP contribution in [-0.2, 0) is 16.1 Å². The van der Waals surface area contributed by atoms with Gasteiger partial charge in [-0.3, -0.25) is 4.99 Å². The Hall–Kier alpha value is -3.28. The molecule has 0 radical (unpaired) electrons. The fraction of sp³-hybridized carbons (Fsp3) is 0.350. The molecule has 0 unspecified atom stereocenters. The highest BCUT2D eigenvalue weighted by Gasteiger charge is 2.36. The second kappa shape index (κ2) is 7.99. The Morgan fingerprint density at radius 1 is 1.45 bits per heavy atom. The fourth-order valence-electron chi connectivity index (χ4n) is 2.92. The number of nitrogens with two attached hydrogens (primary N) is 1. The minimum atomic E-state index is -4.90. The van der Waals surface area contributed by atoms with Crippen molar-refractivity contribution in [1.29, 1.82) is 5.26 Å². The topological polar surface area (TPSA) is 93.4 Å². The molecule has 0 atom stereocenters. The number of esters is 1. The Morgan fingerprint density at radius 3 is 2.76 bits per heavy atom. The van der Waals surface area contributed by atoms with E-state index >= 15 is 0 Å². The van der Waals surface area contributed by atoms with E-state index in [1.165, 1.54) is 6.92 Å². The zero-order chi connectivity index (χ0) is 21.2. The van der Waals surface area contributed by atoms with Crippen molar-refractivity contribution in [2.45, 2.75) is 32.5 Å². The van der Waals surface area contributed by atoms with E-state index in [2.05, 4.69) is 15.8 Å². The van der Waals surface area contributed by atoms with E-state index in [-0.39, 0.29) is 12.3 Å². The first-order chi connectivity index (χ1) is 13.7. The number of hydrogen-bond acceptors (Lipinski definition) is 5. The van der Waals surface area contributed by atoms with Gasteiger partial charge in [-0.2, -0.15) is 18.4 Å². The lowest BCUT2D eigenvalue weighted by Gasteiger charge is -2.10. The van der Waals surface area contributed by atoms with Crippen molar-refractivity contribution in [3.63, 3.8) is 0 Å². The van der Waals surface area contributed by atoms with Gasteiger partial charge in [-0.1, -0.05) is 0 Å². The van der Waals surface area contributed by atoms with Crippen molar-refractivity contribution < 1.29 is 22.7 Å². The molecule has 1 aliphatic carbocycles. The smallest absolute Gasteiger partial charge is 0.431 e. The van der Waals surface area contributed by atoms with E-state index in [0.29, 0.717) is 16.9 Å². The number of nitriles is 1. The zero-order valence-electron chi connectivity index (χ0n) is 15.7. The summed E-state index contributed by atoms with van der Waals surface area (Å²) >= 11 is 0. The molecule has 6 nitrogen and oxygen atoms in total. The van der Waals surface area contributed by atoms with Crippen LogP contribution in [0.3, 0.4) is 0 Å². The highest BCUT2D eigenvalue weighted by Crippen LogP contribution is 2.34. The number of allylic oxidation sites excluding steroid dienone is 1. The van der Waals surface area contributed by atoms with Crippen LogP contribution in [0.15, 0.2) is 40.7 Å². The van der Waals surface area contributed by atoms with E-state index in [1.54, 1.807) is 24.4 Å². The van der Waals surface area contributed by atoms with Crippen LogP contribution >= 0.6 is 0 Å². The predicted molar refractivity (Wildman–Crippen MR) is 101 cm³/mol. The Kier molecular flexibility index (Phi) is 5.64. The van der Waals surface area contributed by atoms with Crippen LogP contribution in [0.25, 0.3) is 10.9 Å². The van der Waals surface area contributed by atoms with Crippen LogP contribution in [0.1, 0.15) is 25.3 Å². The number of aromatic nitrogens is 1. The summed E-state index contributed by atoms with van der Waals surface area (Å²) in [5.41, 5.74) is 4.24. The molecule has 1 aliphatic rings. The molecule has 0 bridgehead atoms. The summed E-state index contributed by atoms with van der Waals surface area (Å²) in [5.74, 6) is -0.599. The third kappa shape index (κ3) is 4.59. The van der Waals surface area contributed by atoms with Crippen LogP contribution in [-0.4, -0.2) is 29.5 Å². The average Bonchev–Trinajstić information content (AvgIpc) is 3.42. The van der Waals surface area contributed by atoms with Gasteiger partial charge >= 0.3 is 12.1 Å². The first kappa shape index (κ1) is 20.5. The first-order valence-electron chi connectivity index (χ1n) is 9.05. The molecule has 152 valence electrons. The van der Waals surface area contributed by atoms with E-state index in [1.807, 2.05) is 4.57 Å². The summed E-state index contributed by atoms with van der Waals surface area (Å²) < 4.78 is 45.5. The van der Waals surface area contributed by atoms with Gasteiger partial charge in [0.15, 0.2) is 0 Å². The number of alkyl halides is 3. The Bertz CT molecular complexity index is 1040. The summed E-state index contributed by atoms with van der Waals surface area (Å²) in [6.07, 6.45) is -0.0650. The predicted octanol–water partition coefficient (Wildman–Crippen LogP) is 3.96. The maximum atomic E-state index is 13.0. The molecule has 1 saturated carbocycles. The maximum absolute atomic E-state index is 13.0. The molecular formula is C20H19F3N4O2. The van der Waals surface area contributed by atoms with Crippen molar-refractivity contribution in [3.05, 3.63) is 41.2 Å². The van der Waals surface area contributed by atoms with Gasteiger partial charge < -0.3 is 15.0 Å². The van der Waals surface area contributed by atoms with Crippen LogP contribution in [0.5, 0.6) is 0 Å². The van der Waals surface area contributed by atoms with Gasteiger partial charge in [-0.25, -0.2) is 4.79 Å². The van der Waals surface area contributed by atoms with E-state index in [9.17, 15) is 23.2 Å². The highest BCUT2D eigenvalue weighted by molar-refractivity contribution is 6.11. The van der Waals surface area contributed by atoms with Gasteiger partial charge in [0.25, 0.3) is 0 Å². The van der Waals surface area contributed by atoms with Gasteiger partial charge in [0, 0.05) is 29.9 Å². The molecule has 1 aromatic heterocycles. The van der Waals surface area contributed by atoms with Gasteiger partial charge in [-0.15, -0.1) is 0 Å². The van der Waals surface area contributed by atoms with Crippen molar-refractivity contribution in [2.75, 3.05) is 6.61 Å². The number of aliphatic imine (C=N–C) groups is 1. The van der Waals surface area contributed by atoms with Crippen LogP contribution < -0.4 is 5.73 Å². The second-order valence-corrected chi connectivity index (χ2v) is 6.76. The number of ether oxygens (including phenoxy) is 1. The Balaban J connectivity index is 1.97. The van der Waals surface area contributed by atoms with E-state index < -0.39 is 23.4 Å². The monoisotopic (exact) mass is 404 g/mol. The quantitative estimate of drug-likeness (QED) is 0.448. The Morgan fingerprint density at radius 2 is 2.17 bits per heavy atom. The Labute approximate surface area is 165 Å². The molecule has 3 rings (SSSR count). The molecule has 0 aliphatic heterocycles. The molecular weight excluding hydrogens is 385 g/mol.